The largest absolute Gasteiger partial charge is 0.299 e. The molecule has 2 bridgehead atoms. The van der Waals surface area contributed by atoms with Crippen LogP contribution in [-0.2, 0) is 11.3 Å². The number of benzene rings is 1. The van der Waals surface area contributed by atoms with Gasteiger partial charge in [0.05, 0.1) is 0 Å². The van der Waals surface area contributed by atoms with Crippen LogP contribution in [0.3, 0.4) is 0 Å². The quantitative estimate of drug-likeness (QED) is 0.796. The van der Waals surface area contributed by atoms with E-state index in [1.54, 1.807) is 0 Å². The zero-order valence-corrected chi connectivity index (χ0v) is 10.8. The number of hydrogen-bond acceptors (Lipinski definition) is 2. The molecule has 0 spiro atoms. The monoisotopic (exact) mass is 243 g/mol. The van der Waals surface area contributed by atoms with Crippen LogP contribution in [0.4, 0.5) is 0 Å². The normalized spacial score (nSPS) is 29.0. The van der Waals surface area contributed by atoms with E-state index in [0.29, 0.717) is 17.6 Å². The standard InChI is InChI=1S/C16H21NO/c18-16-14-8-4-5-9-15(16)12-17(11-14)10-13-6-2-1-3-7-13/h1-3,6-7,14-15H,4-5,8-12H2/t14-,15-/m0/s1. The first-order valence-electron chi connectivity index (χ1n) is 7.13. The van der Waals surface area contributed by atoms with E-state index < -0.39 is 0 Å². The Bertz CT molecular complexity index is 396. The number of Topliss-reactive ketones (excluding diaryl/α,β-unsaturated/α-hetero) is 1. The highest BCUT2D eigenvalue weighted by molar-refractivity contribution is 5.84. The Morgan fingerprint density at radius 2 is 1.61 bits per heavy atom. The van der Waals surface area contributed by atoms with Crippen molar-refractivity contribution in [2.75, 3.05) is 13.1 Å². The lowest BCUT2D eigenvalue weighted by atomic mass is 9.86. The lowest BCUT2D eigenvalue weighted by Crippen LogP contribution is -2.45. The summed E-state index contributed by atoms with van der Waals surface area (Å²) in [5.41, 5.74) is 1.36. The number of nitrogens with zero attached hydrogens (tertiary/aromatic N) is 1. The second kappa shape index (κ2) is 5.23. The highest BCUT2D eigenvalue weighted by atomic mass is 16.1. The number of rotatable bonds is 2. The Hall–Kier alpha value is -1.15. The van der Waals surface area contributed by atoms with Gasteiger partial charge in [-0.05, 0) is 18.4 Å². The third kappa shape index (κ3) is 2.49. The molecule has 2 fully saturated rings. The Labute approximate surface area is 109 Å². The van der Waals surface area contributed by atoms with Gasteiger partial charge in [-0.15, -0.1) is 0 Å². The maximum atomic E-state index is 12.2. The van der Waals surface area contributed by atoms with E-state index >= 15 is 0 Å². The van der Waals surface area contributed by atoms with E-state index in [0.717, 1.165) is 32.5 Å². The van der Waals surface area contributed by atoms with Gasteiger partial charge in [0, 0.05) is 31.5 Å². The Kier molecular flexibility index (Phi) is 3.46. The van der Waals surface area contributed by atoms with Gasteiger partial charge in [0.25, 0.3) is 0 Å². The Balaban J connectivity index is 1.70. The van der Waals surface area contributed by atoms with E-state index in [1.165, 1.54) is 18.4 Å². The van der Waals surface area contributed by atoms with Crippen molar-refractivity contribution in [2.24, 2.45) is 11.8 Å². The molecule has 1 aliphatic carbocycles. The number of likely N-dealkylation sites (tertiary alicyclic amines) is 1. The number of fused-ring (bicyclic) bond motifs is 2. The summed E-state index contributed by atoms with van der Waals surface area (Å²) in [4.78, 5) is 14.7. The van der Waals surface area contributed by atoms with Crippen LogP contribution in [0.25, 0.3) is 0 Å². The van der Waals surface area contributed by atoms with Gasteiger partial charge in [-0.25, -0.2) is 0 Å². The molecule has 1 aliphatic heterocycles. The molecule has 1 aromatic rings. The SMILES string of the molecule is O=C1[C@H]2CCCC[C@H]1CN(Cc1ccccc1)C2. The summed E-state index contributed by atoms with van der Waals surface area (Å²) in [5, 5.41) is 0. The third-order valence-corrected chi connectivity index (χ3v) is 4.37. The molecule has 0 radical (unpaired) electrons. The highest BCUT2D eigenvalue weighted by Crippen LogP contribution is 2.30. The van der Waals surface area contributed by atoms with E-state index in [-0.39, 0.29) is 0 Å². The smallest absolute Gasteiger partial charge is 0.141 e. The van der Waals surface area contributed by atoms with Gasteiger partial charge in [-0.1, -0.05) is 43.2 Å². The number of piperidine rings is 1. The van der Waals surface area contributed by atoms with Crippen LogP contribution in [0, 0.1) is 11.8 Å². The molecule has 1 heterocycles. The maximum Gasteiger partial charge on any atom is 0.141 e. The summed E-state index contributed by atoms with van der Waals surface area (Å²) in [6.45, 7) is 2.95. The van der Waals surface area contributed by atoms with Crippen LogP contribution in [-0.4, -0.2) is 23.8 Å². The van der Waals surface area contributed by atoms with Crippen molar-refractivity contribution in [2.45, 2.75) is 32.2 Å². The predicted octanol–water partition coefficient (Wildman–Crippen LogP) is 2.88. The summed E-state index contributed by atoms with van der Waals surface area (Å²) in [5.74, 6) is 1.18. The fourth-order valence-corrected chi connectivity index (χ4v) is 3.43. The minimum Gasteiger partial charge on any atom is -0.299 e. The first-order chi connectivity index (χ1) is 8.83. The first-order valence-corrected chi connectivity index (χ1v) is 7.13. The molecule has 0 unspecified atom stereocenters. The molecule has 0 aromatic heterocycles. The predicted molar refractivity (Wildman–Crippen MR) is 72.2 cm³/mol. The second-order valence-corrected chi connectivity index (χ2v) is 5.76. The summed E-state index contributed by atoms with van der Waals surface area (Å²) in [6, 6.07) is 10.6. The van der Waals surface area contributed by atoms with Gasteiger partial charge in [0.1, 0.15) is 5.78 Å². The first kappa shape index (κ1) is 11.9. The maximum absolute atomic E-state index is 12.2. The van der Waals surface area contributed by atoms with Crippen molar-refractivity contribution >= 4 is 5.78 Å². The van der Waals surface area contributed by atoms with Gasteiger partial charge < -0.3 is 0 Å². The zero-order valence-electron chi connectivity index (χ0n) is 10.8. The van der Waals surface area contributed by atoms with Crippen molar-refractivity contribution in [3.8, 4) is 0 Å². The molecule has 2 aliphatic rings. The molecular formula is C16H21NO. The van der Waals surface area contributed by atoms with Crippen LogP contribution >= 0.6 is 0 Å². The average Bonchev–Trinajstić information content (AvgIpc) is 2.50. The molecule has 2 atom stereocenters. The van der Waals surface area contributed by atoms with Crippen molar-refractivity contribution in [1.82, 2.24) is 4.90 Å². The fraction of sp³-hybridized carbons (Fsp3) is 0.562. The topological polar surface area (TPSA) is 20.3 Å². The minimum absolute atomic E-state index is 0.315. The molecule has 0 amide bonds. The van der Waals surface area contributed by atoms with Gasteiger partial charge in [0.2, 0.25) is 0 Å². The van der Waals surface area contributed by atoms with Crippen molar-refractivity contribution < 1.29 is 4.79 Å². The molecule has 1 saturated carbocycles. The minimum atomic E-state index is 0.315. The van der Waals surface area contributed by atoms with Crippen LogP contribution in [0.2, 0.25) is 0 Å². The summed E-state index contributed by atoms with van der Waals surface area (Å²) in [7, 11) is 0. The highest BCUT2D eigenvalue weighted by Gasteiger charge is 2.36. The van der Waals surface area contributed by atoms with Gasteiger partial charge in [-0.2, -0.15) is 0 Å². The van der Waals surface area contributed by atoms with Gasteiger partial charge in [-0.3, -0.25) is 9.69 Å². The van der Waals surface area contributed by atoms with Crippen LogP contribution in [0.1, 0.15) is 31.2 Å². The molecule has 0 N–H and O–H groups in total. The second-order valence-electron chi connectivity index (χ2n) is 5.76. The zero-order chi connectivity index (χ0) is 12.4. The van der Waals surface area contributed by atoms with E-state index in [4.69, 9.17) is 0 Å². The average molecular weight is 243 g/mol. The fourth-order valence-electron chi connectivity index (χ4n) is 3.43. The molecule has 1 aromatic carbocycles. The molecule has 2 nitrogen and oxygen atoms in total. The number of carbonyl (C=O) groups is 1. The van der Waals surface area contributed by atoms with Crippen LogP contribution < -0.4 is 0 Å². The Morgan fingerprint density at radius 3 is 2.22 bits per heavy atom. The van der Waals surface area contributed by atoms with Gasteiger partial charge >= 0.3 is 0 Å². The van der Waals surface area contributed by atoms with Crippen molar-refractivity contribution in [3.05, 3.63) is 35.9 Å². The van der Waals surface area contributed by atoms with Crippen LogP contribution in [0.15, 0.2) is 30.3 Å². The molecule has 2 heteroatoms. The molecule has 3 rings (SSSR count). The lowest BCUT2D eigenvalue weighted by molar-refractivity contribution is -0.131. The van der Waals surface area contributed by atoms with Crippen molar-refractivity contribution in [1.29, 1.82) is 0 Å². The molecular weight excluding hydrogens is 222 g/mol. The van der Waals surface area contributed by atoms with Crippen LogP contribution in [0.5, 0.6) is 0 Å². The van der Waals surface area contributed by atoms with Crippen molar-refractivity contribution in [3.63, 3.8) is 0 Å². The van der Waals surface area contributed by atoms with Gasteiger partial charge in [0.15, 0.2) is 0 Å². The van der Waals surface area contributed by atoms with E-state index in [1.807, 2.05) is 0 Å². The number of ketones is 1. The Morgan fingerprint density at radius 1 is 1.00 bits per heavy atom. The number of hydrogen-bond donors (Lipinski definition) is 0. The summed E-state index contributed by atoms with van der Waals surface area (Å²) < 4.78 is 0. The molecule has 96 valence electrons. The van der Waals surface area contributed by atoms with E-state index in [9.17, 15) is 4.79 Å². The molecule has 18 heavy (non-hydrogen) atoms. The lowest BCUT2D eigenvalue weighted by Gasteiger charge is -2.35. The third-order valence-electron chi connectivity index (χ3n) is 4.37. The van der Waals surface area contributed by atoms with E-state index in [2.05, 4.69) is 35.2 Å². The summed E-state index contributed by atoms with van der Waals surface area (Å²) in [6.07, 6.45) is 4.71. The summed E-state index contributed by atoms with van der Waals surface area (Å²) >= 11 is 0. The number of carbonyl (C=O) groups excluding carboxylic acids is 1. The molecule has 1 saturated heterocycles.